The lowest BCUT2D eigenvalue weighted by atomic mass is 9.88. The van der Waals surface area contributed by atoms with Crippen molar-refractivity contribution in [2.75, 3.05) is 18.6 Å². The second-order valence-corrected chi connectivity index (χ2v) is 5.95. The fourth-order valence-electron chi connectivity index (χ4n) is 2.51. The van der Waals surface area contributed by atoms with Crippen LogP contribution in [0.3, 0.4) is 0 Å². The summed E-state index contributed by atoms with van der Waals surface area (Å²) in [6, 6.07) is -0.625. The van der Waals surface area contributed by atoms with Crippen molar-refractivity contribution in [3.05, 3.63) is 0 Å². The van der Waals surface area contributed by atoms with E-state index in [4.69, 9.17) is 0 Å². The van der Waals surface area contributed by atoms with Crippen LogP contribution < -0.4 is 0 Å². The average molecular weight is 273 g/mol. The summed E-state index contributed by atoms with van der Waals surface area (Å²) in [5, 5.41) is 9.28. The highest BCUT2D eigenvalue weighted by Gasteiger charge is 2.36. The summed E-state index contributed by atoms with van der Waals surface area (Å²) in [5.74, 6) is 0.217. The summed E-state index contributed by atoms with van der Waals surface area (Å²) in [7, 11) is 0. The molecule has 1 rings (SSSR count). The average Bonchev–Trinajstić information content (AvgIpc) is 2.37. The summed E-state index contributed by atoms with van der Waals surface area (Å²) in [4.78, 5) is 25.1. The van der Waals surface area contributed by atoms with Crippen molar-refractivity contribution in [2.45, 2.75) is 39.2 Å². The number of hydrogen-bond acceptors (Lipinski definition) is 3. The number of thioether (sulfide) groups is 1. The maximum Gasteiger partial charge on any atom is 0.326 e. The topological polar surface area (TPSA) is 57.6 Å². The zero-order valence-corrected chi connectivity index (χ0v) is 12.2. The van der Waals surface area contributed by atoms with E-state index in [0.29, 0.717) is 18.9 Å². The third-order valence-electron chi connectivity index (χ3n) is 3.69. The monoisotopic (exact) mass is 273 g/mol. The molecule has 5 heteroatoms. The molecule has 0 aromatic heterocycles. The van der Waals surface area contributed by atoms with Crippen LogP contribution in [0.4, 0.5) is 0 Å². The summed E-state index contributed by atoms with van der Waals surface area (Å²) < 4.78 is 0. The van der Waals surface area contributed by atoms with Gasteiger partial charge in [0.2, 0.25) is 5.91 Å². The van der Waals surface area contributed by atoms with E-state index >= 15 is 0 Å². The van der Waals surface area contributed by atoms with Crippen LogP contribution in [-0.2, 0) is 9.59 Å². The van der Waals surface area contributed by atoms with Crippen LogP contribution in [0, 0.1) is 11.8 Å². The number of rotatable bonds is 5. The molecular weight excluding hydrogens is 250 g/mol. The fraction of sp³-hybridized carbons (Fsp3) is 0.846. The molecule has 1 N–H and O–H groups in total. The summed E-state index contributed by atoms with van der Waals surface area (Å²) >= 11 is 1.62. The van der Waals surface area contributed by atoms with Gasteiger partial charge in [-0.05, 0) is 25.0 Å². The Morgan fingerprint density at radius 3 is 2.67 bits per heavy atom. The van der Waals surface area contributed by atoms with E-state index in [1.54, 1.807) is 16.7 Å². The quantitative estimate of drug-likeness (QED) is 0.833. The highest BCUT2D eigenvalue weighted by molar-refractivity contribution is 7.98. The molecule has 0 aliphatic carbocycles. The molecule has 1 saturated heterocycles. The largest absolute Gasteiger partial charge is 0.480 e. The van der Waals surface area contributed by atoms with Crippen LogP contribution in [0.25, 0.3) is 0 Å². The zero-order chi connectivity index (χ0) is 13.7. The van der Waals surface area contributed by atoms with Crippen molar-refractivity contribution in [3.8, 4) is 0 Å². The Hall–Kier alpha value is -0.710. The first-order valence-electron chi connectivity index (χ1n) is 6.53. The lowest BCUT2D eigenvalue weighted by Crippen LogP contribution is -2.51. The van der Waals surface area contributed by atoms with E-state index in [0.717, 1.165) is 18.6 Å². The Bertz CT molecular complexity index is 309. The van der Waals surface area contributed by atoms with Crippen LogP contribution in [0.15, 0.2) is 0 Å². The third-order valence-corrected chi connectivity index (χ3v) is 4.53. The van der Waals surface area contributed by atoms with Crippen LogP contribution >= 0.6 is 11.8 Å². The maximum atomic E-state index is 12.2. The molecule has 0 aromatic carbocycles. The first-order chi connectivity index (χ1) is 8.51. The van der Waals surface area contributed by atoms with Crippen molar-refractivity contribution in [3.63, 3.8) is 0 Å². The standard InChI is InChI=1S/C13H23NO3S/c1-4-10-5-6-14(11(7-10)13(16)17)12(15)9(2)8-18-3/h9-11H,4-8H2,1-3H3,(H,16,17). The molecule has 4 nitrogen and oxygen atoms in total. The number of piperidine rings is 1. The van der Waals surface area contributed by atoms with E-state index < -0.39 is 12.0 Å². The molecule has 0 saturated carbocycles. The van der Waals surface area contributed by atoms with Gasteiger partial charge in [0.05, 0.1) is 0 Å². The van der Waals surface area contributed by atoms with Crippen molar-refractivity contribution >= 4 is 23.6 Å². The predicted molar refractivity (Wildman–Crippen MR) is 73.7 cm³/mol. The van der Waals surface area contributed by atoms with E-state index in [-0.39, 0.29) is 11.8 Å². The van der Waals surface area contributed by atoms with E-state index in [1.165, 1.54) is 0 Å². The highest BCUT2D eigenvalue weighted by Crippen LogP contribution is 2.27. The van der Waals surface area contributed by atoms with Gasteiger partial charge in [0.25, 0.3) is 0 Å². The smallest absolute Gasteiger partial charge is 0.326 e. The van der Waals surface area contributed by atoms with Gasteiger partial charge in [0.1, 0.15) is 6.04 Å². The minimum atomic E-state index is -0.863. The number of carboxylic acids is 1. The van der Waals surface area contributed by atoms with Crippen LogP contribution in [-0.4, -0.2) is 46.5 Å². The lowest BCUT2D eigenvalue weighted by Gasteiger charge is -2.38. The molecule has 3 unspecified atom stereocenters. The predicted octanol–water partition coefficient (Wildman–Crippen LogP) is 2.09. The SMILES string of the molecule is CCC1CCN(C(=O)C(C)CSC)C(C(=O)O)C1. The second kappa shape index (κ2) is 7.02. The normalized spacial score (nSPS) is 25.8. The molecule has 18 heavy (non-hydrogen) atoms. The Balaban J connectivity index is 2.73. The molecule has 0 radical (unpaired) electrons. The number of carbonyl (C=O) groups excluding carboxylic acids is 1. The number of carboxylic acid groups (broad SMARTS) is 1. The van der Waals surface area contributed by atoms with Crippen LogP contribution in [0.5, 0.6) is 0 Å². The molecule has 1 aliphatic rings. The number of aliphatic carboxylic acids is 1. The molecule has 1 fully saturated rings. The number of amides is 1. The van der Waals surface area contributed by atoms with E-state index in [2.05, 4.69) is 6.92 Å². The highest BCUT2D eigenvalue weighted by atomic mass is 32.2. The molecule has 3 atom stereocenters. The van der Waals surface area contributed by atoms with Gasteiger partial charge in [-0.15, -0.1) is 0 Å². The number of nitrogens with zero attached hydrogens (tertiary/aromatic N) is 1. The minimum Gasteiger partial charge on any atom is -0.480 e. The zero-order valence-electron chi connectivity index (χ0n) is 11.4. The molecule has 0 spiro atoms. The second-order valence-electron chi connectivity index (χ2n) is 5.04. The molecule has 1 heterocycles. The van der Waals surface area contributed by atoms with Crippen LogP contribution in [0.1, 0.15) is 33.1 Å². The number of hydrogen-bond donors (Lipinski definition) is 1. The van der Waals surface area contributed by atoms with Gasteiger partial charge < -0.3 is 10.0 Å². The van der Waals surface area contributed by atoms with E-state index in [1.807, 2.05) is 13.2 Å². The van der Waals surface area contributed by atoms with E-state index in [9.17, 15) is 14.7 Å². The molecule has 1 amide bonds. The van der Waals surface area contributed by atoms with Crippen molar-refractivity contribution in [1.82, 2.24) is 4.90 Å². The van der Waals surface area contributed by atoms with Gasteiger partial charge in [-0.2, -0.15) is 11.8 Å². The van der Waals surface area contributed by atoms with Gasteiger partial charge >= 0.3 is 5.97 Å². The van der Waals surface area contributed by atoms with Gasteiger partial charge in [-0.3, -0.25) is 4.79 Å². The van der Waals surface area contributed by atoms with Gasteiger partial charge in [-0.25, -0.2) is 4.79 Å². The van der Waals surface area contributed by atoms with Gasteiger partial charge in [0.15, 0.2) is 0 Å². The molecular formula is C13H23NO3S. The van der Waals surface area contributed by atoms with Crippen molar-refractivity contribution < 1.29 is 14.7 Å². The molecule has 1 aliphatic heterocycles. The summed E-state index contributed by atoms with van der Waals surface area (Å²) in [5.41, 5.74) is 0. The molecule has 104 valence electrons. The summed E-state index contributed by atoms with van der Waals surface area (Å²) in [6.45, 7) is 4.55. The van der Waals surface area contributed by atoms with Gasteiger partial charge in [0, 0.05) is 18.2 Å². The first-order valence-corrected chi connectivity index (χ1v) is 7.92. The maximum absolute atomic E-state index is 12.2. The van der Waals surface area contributed by atoms with Crippen molar-refractivity contribution in [1.29, 1.82) is 0 Å². The Kier molecular flexibility index (Phi) is 5.99. The molecule has 0 aromatic rings. The minimum absolute atomic E-state index is 0.00805. The van der Waals surface area contributed by atoms with Crippen LogP contribution in [0.2, 0.25) is 0 Å². The number of carbonyl (C=O) groups is 2. The Labute approximate surface area is 113 Å². The van der Waals surface area contributed by atoms with Gasteiger partial charge in [-0.1, -0.05) is 20.3 Å². The lowest BCUT2D eigenvalue weighted by molar-refractivity contribution is -0.154. The molecule has 0 bridgehead atoms. The Morgan fingerprint density at radius 1 is 1.50 bits per heavy atom. The third kappa shape index (κ3) is 3.64. The summed E-state index contributed by atoms with van der Waals surface area (Å²) in [6.07, 6.45) is 4.48. The van der Waals surface area contributed by atoms with Crippen molar-refractivity contribution in [2.24, 2.45) is 11.8 Å². The first kappa shape index (κ1) is 15.3. The fourth-order valence-corrected chi connectivity index (χ4v) is 3.15. The number of likely N-dealkylation sites (tertiary alicyclic amines) is 1. The Morgan fingerprint density at radius 2 is 2.17 bits per heavy atom.